The summed E-state index contributed by atoms with van der Waals surface area (Å²) < 4.78 is 5.05. The summed E-state index contributed by atoms with van der Waals surface area (Å²) in [6.07, 6.45) is 8.43. The standard InChI is InChI=1S/C21H22N2O6/c24-18(25)13-29-16-8-6-15(7-9-16)12-17-19(26)22-21(28)23(20(17)27)11-10-14-4-2-1-3-5-14/h4,6-9,12H,1-3,5,10-11,13H2,(H,24,25)(H,22,26,28)/b17-12-. The van der Waals surface area contributed by atoms with Crippen molar-refractivity contribution in [2.75, 3.05) is 13.2 Å². The molecule has 0 saturated carbocycles. The minimum atomic E-state index is -1.09. The topological polar surface area (TPSA) is 113 Å². The molecule has 4 amide bonds. The van der Waals surface area contributed by atoms with Gasteiger partial charge in [-0.2, -0.15) is 0 Å². The second kappa shape index (κ2) is 9.18. The van der Waals surface area contributed by atoms with Gasteiger partial charge < -0.3 is 9.84 Å². The van der Waals surface area contributed by atoms with E-state index in [2.05, 4.69) is 11.4 Å². The molecule has 0 unspecified atom stereocenters. The number of amides is 4. The van der Waals surface area contributed by atoms with E-state index in [1.165, 1.54) is 11.6 Å². The second-order valence-electron chi connectivity index (χ2n) is 6.88. The van der Waals surface area contributed by atoms with Crippen LogP contribution in [0, 0.1) is 0 Å². The first-order valence-corrected chi connectivity index (χ1v) is 9.45. The molecule has 0 aromatic heterocycles. The van der Waals surface area contributed by atoms with Gasteiger partial charge in [-0.25, -0.2) is 9.59 Å². The van der Waals surface area contributed by atoms with Gasteiger partial charge in [0.15, 0.2) is 6.61 Å². The van der Waals surface area contributed by atoms with E-state index in [9.17, 15) is 19.2 Å². The van der Waals surface area contributed by atoms with Crippen molar-refractivity contribution in [2.24, 2.45) is 0 Å². The third kappa shape index (κ3) is 5.31. The fourth-order valence-corrected chi connectivity index (χ4v) is 3.26. The number of imide groups is 2. The maximum atomic E-state index is 12.7. The van der Waals surface area contributed by atoms with Crippen LogP contribution in [0.4, 0.5) is 4.79 Å². The summed E-state index contributed by atoms with van der Waals surface area (Å²) in [5, 5.41) is 10.8. The minimum absolute atomic E-state index is 0.124. The van der Waals surface area contributed by atoms with Crippen molar-refractivity contribution in [1.82, 2.24) is 10.2 Å². The van der Waals surface area contributed by atoms with E-state index >= 15 is 0 Å². The summed E-state index contributed by atoms with van der Waals surface area (Å²) in [4.78, 5) is 48.6. The van der Waals surface area contributed by atoms with Gasteiger partial charge in [0.25, 0.3) is 11.8 Å². The highest BCUT2D eigenvalue weighted by molar-refractivity contribution is 6.31. The molecule has 0 radical (unpaired) electrons. The van der Waals surface area contributed by atoms with Crippen molar-refractivity contribution in [2.45, 2.75) is 32.1 Å². The van der Waals surface area contributed by atoms with E-state index in [0.717, 1.165) is 30.6 Å². The highest BCUT2D eigenvalue weighted by Gasteiger charge is 2.35. The van der Waals surface area contributed by atoms with Gasteiger partial charge in [0, 0.05) is 6.54 Å². The van der Waals surface area contributed by atoms with Gasteiger partial charge in [-0.05, 0) is 55.9 Å². The van der Waals surface area contributed by atoms with E-state index in [-0.39, 0.29) is 12.1 Å². The van der Waals surface area contributed by atoms with Gasteiger partial charge >= 0.3 is 12.0 Å². The number of carboxylic acid groups (broad SMARTS) is 1. The SMILES string of the molecule is O=C(O)COc1ccc(/C=C2/C(=O)NC(=O)N(CCC3=CCCCC3)C2=O)cc1. The fraction of sp³-hybridized carbons (Fsp3) is 0.333. The Hall–Kier alpha value is -3.42. The molecule has 1 aliphatic heterocycles. The Morgan fingerprint density at radius 1 is 1.17 bits per heavy atom. The number of hydrogen-bond donors (Lipinski definition) is 2. The summed E-state index contributed by atoms with van der Waals surface area (Å²) in [7, 11) is 0. The first-order chi connectivity index (χ1) is 13.9. The van der Waals surface area contributed by atoms with E-state index in [4.69, 9.17) is 9.84 Å². The van der Waals surface area contributed by atoms with Gasteiger partial charge in [-0.15, -0.1) is 0 Å². The lowest BCUT2D eigenvalue weighted by molar-refractivity contribution is -0.139. The van der Waals surface area contributed by atoms with Crippen LogP contribution in [0.3, 0.4) is 0 Å². The molecule has 1 aliphatic carbocycles. The molecule has 8 nitrogen and oxygen atoms in total. The first kappa shape index (κ1) is 20.3. The van der Waals surface area contributed by atoms with Gasteiger partial charge in [0.1, 0.15) is 11.3 Å². The fourth-order valence-electron chi connectivity index (χ4n) is 3.26. The van der Waals surface area contributed by atoms with Crippen molar-refractivity contribution >= 4 is 29.9 Å². The molecule has 1 heterocycles. The van der Waals surface area contributed by atoms with Crippen LogP contribution < -0.4 is 10.1 Å². The molecular weight excluding hydrogens is 376 g/mol. The summed E-state index contributed by atoms with van der Waals surface area (Å²) >= 11 is 0. The lowest BCUT2D eigenvalue weighted by Gasteiger charge is -2.27. The maximum absolute atomic E-state index is 12.7. The highest BCUT2D eigenvalue weighted by atomic mass is 16.5. The zero-order valence-corrected chi connectivity index (χ0v) is 15.8. The predicted molar refractivity (Wildman–Crippen MR) is 104 cm³/mol. The van der Waals surface area contributed by atoms with Crippen molar-refractivity contribution in [1.29, 1.82) is 0 Å². The van der Waals surface area contributed by atoms with Gasteiger partial charge in [-0.3, -0.25) is 19.8 Å². The normalized spacial score (nSPS) is 18.5. The molecule has 152 valence electrons. The summed E-state index contributed by atoms with van der Waals surface area (Å²) in [5.41, 5.74) is 1.66. The molecule has 2 aliphatic rings. The van der Waals surface area contributed by atoms with Crippen LogP contribution in [-0.2, 0) is 14.4 Å². The highest BCUT2D eigenvalue weighted by Crippen LogP contribution is 2.22. The molecule has 8 heteroatoms. The zero-order chi connectivity index (χ0) is 20.8. The number of ether oxygens (including phenoxy) is 1. The van der Waals surface area contributed by atoms with E-state index in [1.807, 2.05) is 0 Å². The van der Waals surface area contributed by atoms with Crippen LogP contribution in [0.2, 0.25) is 0 Å². The van der Waals surface area contributed by atoms with Crippen LogP contribution in [-0.4, -0.2) is 47.0 Å². The van der Waals surface area contributed by atoms with E-state index in [0.29, 0.717) is 17.7 Å². The van der Waals surface area contributed by atoms with Crippen molar-refractivity contribution in [3.05, 3.63) is 47.1 Å². The molecule has 3 rings (SSSR count). The summed E-state index contributed by atoms with van der Waals surface area (Å²) in [5.74, 6) is -2.10. The second-order valence-corrected chi connectivity index (χ2v) is 6.88. The molecule has 0 bridgehead atoms. The average molecular weight is 398 g/mol. The Balaban J connectivity index is 1.70. The van der Waals surface area contributed by atoms with Gasteiger partial charge in [0.2, 0.25) is 0 Å². The summed E-state index contributed by atoms with van der Waals surface area (Å²) in [6, 6.07) is 5.57. The van der Waals surface area contributed by atoms with Gasteiger partial charge in [0.05, 0.1) is 0 Å². The molecule has 0 atom stereocenters. The van der Waals surface area contributed by atoms with Crippen molar-refractivity contribution < 1.29 is 29.0 Å². The minimum Gasteiger partial charge on any atom is -0.482 e. The third-order valence-corrected chi connectivity index (χ3v) is 4.78. The van der Waals surface area contributed by atoms with Crippen LogP contribution in [0.5, 0.6) is 5.75 Å². The molecule has 29 heavy (non-hydrogen) atoms. The Bertz CT molecular complexity index is 885. The number of nitrogens with one attached hydrogen (secondary N) is 1. The monoisotopic (exact) mass is 398 g/mol. The molecule has 1 aromatic rings. The number of carbonyl (C=O) groups excluding carboxylic acids is 3. The Morgan fingerprint density at radius 3 is 2.59 bits per heavy atom. The smallest absolute Gasteiger partial charge is 0.341 e. The number of carboxylic acids is 1. The number of barbiturate groups is 1. The number of nitrogens with zero attached hydrogens (tertiary/aromatic N) is 1. The van der Waals surface area contributed by atoms with Crippen LogP contribution >= 0.6 is 0 Å². The average Bonchev–Trinajstić information content (AvgIpc) is 2.71. The lowest BCUT2D eigenvalue weighted by atomic mass is 9.97. The predicted octanol–water partition coefficient (Wildman–Crippen LogP) is 2.50. The Labute approximate surface area is 167 Å². The van der Waals surface area contributed by atoms with Crippen LogP contribution in [0.1, 0.15) is 37.7 Å². The number of rotatable bonds is 7. The molecule has 2 N–H and O–H groups in total. The first-order valence-electron chi connectivity index (χ1n) is 9.45. The quantitative estimate of drug-likeness (QED) is 0.415. The van der Waals surface area contributed by atoms with E-state index < -0.39 is 30.4 Å². The van der Waals surface area contributed by atoms with Crippen LogP contribution in [0.25, 0.3) is 6.08 Å². The molecular formula is C21H22N2O6. The number of carbonyl (C=O) groups is 4. The Kier molecular flexibility index (Phi) is 6.43. The largest absolute Gasteiger partial charge is 0.482 e. The van der Waals surface area contributed by atoms with Gasteiger partial charge in [-0.1, -0.05) is 23.8 Å². The van der Waals surface area contributed by atoms with Crippen LogP contribution in [0.15, 0.2) is 41.5 Å². The summed E-state index contributed by atoms with van der Waals surface area (Å²) in [6.45, 7) is -0.238. The Morgan fingerprint density at radius 2 is 1.93 bits per heavy atom. The third-order valence-electron chi connectivity index (χ3n) is 4.78. The zero-order valence-electron chi connectivity index (χ0n) is 15.8. The number of benzene rings is 1. The molecule has 1 saturated heterocycles. The van der Waals surface area contributed by atoms with Crippen molar-refractivity contribution in [3.8, 4) is 5.75 Å². The number of aliphatic carboxylic acids is 1. The number of hydrogen-bond acceptors (Lipinski definition) is 5. The molecule has 0 spiro atoms. The number of allylic oxidation sites excluding steroid dienone is 1. The van der Waals surface area contributed by atoms with E-state index in [1.54, 1.807) is 24.3 Å². The molecule has 1 aromatic carbocycles. The lowest BCUT2D eigenvalue weighted by Crippen LogP contribution is -2.54. The number of urea groups is 1. The molecule has 1 fully saturated rings. The van der Waals surface area contributed by atoms with Crippen molar-refractivity contribution in [3.63, 3.8) is 0 Å². The maximum Gasteiger partial charge on any atom is 0.341 e.